The molecule has 0 spiro atoms. The highest BCUT2D eigenvalue weighted by Crippen LogP contribution is 2.27. The Morgan fingerprint density at radius 1 is 1.18 bits per heavy atom. The highest BCUT2D eigenvalue weighted by Gasteiger charge is 2.32. The van der Waals surface area contributed by atoms with Crippen LogP contribution in [0.15, 0.2) is 42.9 Å². The van der Waals surface area contributed by atoms with Crippen LogP contribution in [0.3, 0.4) is 0 Å². The summed E-state index contributed by atoms with van der Waals surface area (Å²) in [6, 6.07) is 4.89. The van der Waals surface area contributed by atoms with Gasteiger partial charge in [-0.2, -0.15) is 5.10 Å². The normalized spacial score (nSPS) is 15.5. The summed E-state index contributed by atoms with van der Waals surface area (Å²) in [5, 5.41) is 7.23. The molecular weight excluding hydrogens is 442 g/mol. The molecular formula is C23H22F2N8O. The molecule has 1 aromatic carbocycles. The topological polar surface area (TPSA) is 93.8 Å². The number of fused-ring (bicyclic) bond motifs is 1. The maximum atomic E-state index is 13.6. The van der Waals surface area contributed by atoms with Crippen LogP contribution in [0.5, 0.6) is 0 Å². The van der Waals surface area contributed by atoms with Crippen molar-refractivity contribution >= 4 is 17.7 Å². The fraction of sp³-hybridized carbons (Fsp3) is 0.261. The smallest absolute Gasteiger partial charge is 0.290 e. The average molecular weight is 464 g/mol. The maximum absolute atomic E-state index is 13.6. The van der Waals surface area contributed by atoms with E-state index in [-0.39, 0.29) is 24.3 Å². The van der Waals surface area contributed by atoms with Gasteiger partial charge in [-0.05, 0) is 37.1 Å². The van der Waals surface area contributed by atoms with Gasteiger partial charge in [0.1, 0.15) is 23.1 Å². The summed E-state index contributed by atoms with van der Waals surface area (Å²) in [5.74, 6) is -0.299. The lowest BCUT2D eigenvalue weighted by Gasteiger charge is -2.33. The molecule has 0 saturated heterocycles. The Balaban J connectivity index is 1.44. The van der Waals surface area contributed by atoms with Crippen LogP contribution in [0.4, 0.5) is 20.5 Å². The second-order valence-corrected chi connectivity index (χ2v) is 8.35. The predicted octanol–water partition coefficient (Wildman–Crippen LogP) is 3.45. The average Bonchev–Trinajstić information content (AvgIpc) is 3.38. The molecule has 0 saturated carbocycles. The van der Waals surface area contributed by atoms with Gasteiger partial charge in [0.25, 0.3) is 5.91 Å². The second kappa shape index (κ2) is 8.32. The Morgan fingerprint density at radius 2 is 1.94 bits per heavy atom. The second-order valence-electron chi connectivity index (χ2n) is 8.35. The van der Waals surface area contributed by atoms with Crippen molar-refractivity contribution in [3.8, 4) is 11.4 Å². The van der Waals surface area contributed by atoms with Gasteiger partial charge in [0.2, 0.25) is 5.95 Å². The van der Waals surface area contributed by atoms with Crippen molar-refractivity contribution in [3.05, 3.63) is 71.4 Å². The van der Waals surface area contributed by atoms with Crippen molar-refractivity contribution in [2.24, 2.45) is 7.05 Å². The largest absolute Gasteiger partial charge is 0.327 e. The van der Waals surface area contributed by atoms with Crippen LogP contribution < -0.4 is 5.32 Å². The van der Waals surface area contributed by atoms with Crippen molar-refractivity contribution in [1.29, 1.82) is 0 Å². The molecule has 1 N–H and O–H groups in total. The third kappa shape index (κ3) is 4.00. The van der Waals surface area contributed by atoms with Crippen LogP contribution in [0.25, 0.3) is 11.4 Å². The number of rotatable bonds is 5. The minimum absolute atomic E-state index is 0.0855. The number of aromatic nitrogens is 6. The maximum Gasteiger partial charge on any atom is 0.290 e. The molecule has 0 bridgehead atoms. The van der Waals surface area contributed by atoms with Gasteiger partial charge >= 0.3 is 0 Å². The number of halogens is 2. The van der Waals surface area contributed by atoms with Crippen molar-refractivity contribution in [3.63, 3.8) is 0 Å². The van der Waals surface area contributed by atoms with Crippen LogP contribution >= 0.6 is 0 Å². The highest BCUT2D eigenvalue weighted by molar-refractivity contribution is 5.92. The van der Waals surface area contributed by atoms with Crippen LogP contribution in [0.2, 0.25) is 0 Å². The SMILES string of the molecule is Cc1cnc(Nc2ccnn2C)nc1-c1cn2c(n1)C(=O)N(Cc1cc(F)cc(F)c1)[C@@H](C)C2. The Morgan fingerprint density at radius 3 is 2.65 bits per heavy atom. The predicted molar refractivity (Wildman–Crippen MR) is 120 cm³/mol. The molecule has 0 fully saturated rings. The summed E-state index contributed by atoms with van der Waals surface area (Å²) in [5.41, 5.74) is 2.33. The lowest BCUT2D eigenvalue weighted by atomic mass is 10.1. The van der Waals surface area contributed by atoms with E-state index in [0.717, 1.165) is 17.4 Å². The summed E-state index contributed by atoms with van der Waals surface area (Å²) in [7, 11) is 1.80. The van der Waals surface area contributed by atoms with Gasteiger partial charge in [-0.1, -0.05) is 0 Å². The van der Waals surface area contributed by atoms with Gasteiger partial charge < -0.3 is 14.8 Å². The quantitative estimate of drug-likeness (QED) is 0.486. The first-order valence-corrected chi connectivity index (χ1v) is 10.7. The number of hydrogen-bond acceptors (Lipinski definition) is 6. The molecule has 4 heterocycles. The zero-order valence-electron chi connectivity index (χ0n) is 18.8. The Hall–Kier alpha value is -4.15. The van der Waals surface area contributed by atoms with Crippen molar-refractivity contribution < 1.29 is 13.6 Å². The number of nitrogens with zero attached hydrogens (tertiary/aromatic N) is 7. The summed E-state index contributed by atoms with van der Waals surface area (Å²) in [6.45, 7) is 4.34. The van der Waals surface area contributed by atoms with Crippen molar-refractivity contribution in [2.45, 2.75) is 33.0 Å². The molecule has 5 rings (SSSR count). The number of nitrogens with one attached hydrogen (secondary N) is 1. The van der Waals surface area contributed by atoms with E-state index >= 15 is 0 Å². The van der Waals surface area contributed by atoms with E-state index in [4.69, 9.17) is 0 Å². The van der Waals surface area contributed by atoms with Gasteiger partial charge in [-0.15, -0.1) is 0 Å². The zero-order valence-corrected chi connectivity index (χ0v) is 18.8. The molecule has 0 aliphatic carbocycles. The molecule has 1 aliphatic heterocycles. The molecule has 1 atom stereocenters. The first kappa shape index (κ1) is 21.7. The number of benzene rings is 1. The molecule has 1 amide bonds. The van der Waals surface area contributed by atoms with Gasteiger partial charge in [0.05, 0.1) is 11.9 Å². The van der Waals surface area contributed by atoms with Crippen molar-refractivity contribution in [2.75, 3.05) is 5.32 Å². The third-order valence-electron chi connectivity index (χ3n) is 5.77. The van der Waals surface area contributed by atoms with E-state index in [0.29, 0.717) is 29.4 Å². The molecule has 34 heavy (non-hydrogen) atoms. The number of imidazole rings is 1. The number of amides is 1. The van der Waals surface area contributed by atoms with Crippen LogP contribution in [-0.4, -0.2) is 46.1 Å². The summed E-state index contributed by atoms with van der Waals surface area (Å²) >= 11 is 0. The molecule has 1 aliphatic rings. The number of hydrogen-bond donors (Lipinski definition) is 1. The molecule has 4 aromatic rings. The number of carbonyl (C=O) groups excluding carboxylic acids is 1. The van der Waals surface area contributed by atoms with E-state index in [9.17, 15) is 13.6 Å². The first-order valence-electron chi connectivity index (χ1n) is 10.7. The molecule has 11 heteroatoms. The monoisotopic (exact) mass is 464 g/mol. The first-order chi connectivity index (χ1) is 16.3. The highest BCUT2D eigenvalue weighted by atomic mass is 19.1. The number of carbonyl (C=O) groups is 1. The van der Waals surface area contributed by atoms with Crippen LogP contribution in [0.1, 0.15) is 28.7 Å². The third-order valence-corrected chi connectivity index (χ3v) is 5.77. The Labute approximate surface area is 194 Å². The van der Waals surface area contributed by atoms with Crippen molar-refractivity contribution in [1.82, 2.24) is 34.2 Å². The summed E-state index contributed by atoms with van der Waals surface area (Å²) in [6.07, 6.45) is 5.15. The summed E-state index contributed by atoms with van der Waals surface area (Å²) in [4.78, 5) is 28.3. The van der Waals surface area contributed by atoms with Gasteiger partial charge in [0, 0.05) is 50.7 Å². The Kier molecular flexibility index (Phi) is 5.31. The van der Waals surface area contributed by atoms with Gasteiger partial charge in [-0.25, -0.2) is 23.7 Å². The number of aryl methyl sites for hydroxylation is 2. The molecule has 3 aromatic heterocycles. The van der Waals surface area contributed by atoms with Gasteiger partial charge in [0.15, 0.2) is 5.82 Å². The fourth-order valence-electron chi connectivity index (χ4n) is 4.05. The lowest BCUT2D eigenvalue weighted by molar-refractivity contribution is 0.0586. The molecule has 174 valence electrons. The van der Waals surface area contributed by atoms with Gasteiger partial charge in [-0.3, -0.25) is 9.48 Å². The van der Waals surface area contributed by atoms with E-state index in [1.54, 1.807) is 45.9 Å². The molecule has 0 radical (unpaired) electrons. The molecule has 0 unspecified atom stereocenters. The van der Waals surface area contributed by atoms with E-state index < -0.39 is 11.6 Å². The van der Waals surface area contributed by atoms with Crippen LogP contribution in [0, 0.1) is 18.6 Å². The lowest BCUT2D eigenvalue weighted by Crippen LogP contribution is -2.46. The fourth-order valence-corrected chi connectivity index (χ4v) is 4.05. The van der Waals surface area contributed by atoms with E-state index in [1.165, 1.54) is 12.1 Å². The minimum atomic E-state index is -0.675. The van der Waals surface area contributed by atoms with Crippen LogP contribution in [-0.2, 0) is 20.1 Å². The van der Waals surface area contributed by atoms with E-state index in [1.807, 2.05) is 13.8 Å². The Bertz CT molecular complexity index is 1380. The number of anilines is 2. The standard InChI is InChI=1S/C23H22F2N8O/c1-13-9-26-23(29-19-4-5-27-31(19)3)30-20(13)18-12-32-10-14(2)33(22(34)21(32)28-18)11-15-6-16(24)8-17(25)7-15/h4-9,12,14H,10-11H2,1-3H3,(H,26,29,30)/t14-/m0/s1. The van der Waals surface area contributed by atoms with E-state index in [2.05, 4.69) is 25.4 Å². The minimum Gasteiger partial charge on any atom is -0.327 e. The zero-order chi connectivity index (χ0) is 24.0. The summed E-state index contributed by atoms with van der Waals surface area (Å²) < 4.78 is 30.7. The molecule has 9 nitrogen and oxygen atoms in total.